The SMILES string of the molecule is CCCCCCCCC(CCCCCC)C(=O)OCC(=O)Nc1ccc(-c2nc3cc(C(C)(C)C)[nH]n3n2)cc1. The molecule has 0 spiro atoms. The van der Waals surface area contributed by atoms with Crippen molar-refractivity contribution in [2.45, 2.75) is 117 Å². The highest BCUT2D eigenvalue weighted by Crippen LogP contribution is 2.24. The Balaban J connectivity index is 1.48. The highest BCUT2D eigenvalue weighted by molar-refractivity contribution is 5.93. The zero-order valence-corrected chi connectivity index (χ0v) is 25.2. The van der Waals surface area contributed by atoms with Gasteiger partial charge in [-0.2, -0.15) is 4.63 Å². The summed E-state index contributed by atoms with van der Waals surface area (Å²) in [5.74, 6) is -0.0999. The molecule has 3 aromatic rings. The van der Waals surface area contributed by atoms with Crippen LogP contribution in [-0.2, 0) is 19.7 Å². The lowest BCUT2D eigenvalue weighted by Gasteiger charge is -2.16. The number of aromatic nitrogens is 4. The van der Waals surface area contributed by atoms with E-state index in [9.17, 15) is 9.59 Å². The Bertz CT molecular complexity index is 1160. The van der Waals surface area contributed by atoms with E-state index in [-0.39, 0.29) is 29.8 Å². The number of hydrogen-bond donors (Lipinski definition) is 2. The molecule has 2 heterocycles. The lowest BCUT2D eigenvalue weighted by Crippen LogP contribution is -2.25. The van der Waals surface area contributed by atoms with Crippen LogP contribution in [0.1, 0.15) is 117 Å². The molecule has 2 aromatic heterocycles. The number of H-pyrrole nitrogens is 1. The fraction of sp³-hybridized carbons (Fsp3) is 0.625. The molecule has 0 bridgehead atoms. The number of aromatic amines is 1. The molecule has 3 rings (SSSR count). The van der Waals surface area contributed by atoms with E-state index in [1.165, 1.54) is 38.5 Å². The molecule has 1 aromatic carbocycles. The second-order valence-electron chi connectivity index (χ2n) is 12.0. The van der Waals surface area contributed by atoms with Gasteiger partial charge in [0.25, 0.3) is 5.91 Å². The number of ether oxygens (including phenoxy) is 1. The molecule has 0 aliphatic carbocycles. The molecule has 0 radical (unpaired) electrons. The number of anilines is 1. The number of hydrogen-bond acceptors (Lipinski definition) is 5. The lowest BCUT2D eigenvalue weighted by molar-refractivity contribution is -0.152. The average Bonchev–Trinajstić information content (AvgIpc) is 3.51. The van der Waals surface area contributed by atoms with Gasteiger partial charge in [0.2, 0.25) is 0 Å². The minimum atomic E-state index is -0.339. The molecule has 220 valence electrons. The second-order valence-corrected chi connectivity index (χ2v) is 12.0. The monoisotopic (exact) mass is 551 g/mol. The summed E-state index contributed by atoms with van der Waals surface area (Å²) in [5, 5.41) is 10.6. The van der Waals surface area contributed by atoms with Crippen LogP contribution < -0.4 is 5.32 Å². The molecule has 1 atom stereocenters. The van der Waals surface area contributed by atoms with Gasteiger partial charge in [0.1, 0.15) is 0 Å². The summed E-state index contributed by atoms with van der Waals surface area (Å²) in [6.45, 7) is 10.5. The van der Waals surface area contributed by atoms with E-state index in [2.05, 4.69) is 55.1 Å². The van der Waals surface area contributed by atoms with Gasteiger partial charge in [0, 0.05) is 28.4 Å². The lowest BCUT2D eigenvalue weighted by atomic mass is 9.93. The van der Waals surface area contributed by atoms with E-state index in [0.717, 1.165) is 55.4 Å². The summed E-state index contributed by atoms with van der Waals surface area (Å²) < 4.78 is 7.15. The van der Waals surface area contributed by atoms with E-state index in [1.807, 2.05) is 18.2 Å². The number of rotatable bonds is 17. The summed E-state index contributed by atoms with van der Waals surface area (Å²) in [6, 6.07) is 9.36. The summed E-state index contributed by atoms with van der Waals surface area (Å²) in [4.78, 5) is 30.0. The Morgan fingerprint density at radius 3 is 2.12 bits per heavy atom. The van der Waals surface area contributed by atoms with Crippen molar-refractivity contribution in [3.63, 3.8) is 0 Å². The Labute approximate surface area is 239 Å². The van der Waals surface area contributed by atoms with Crippen LogP contribution in [0.2, 0.25) is 0 Å². The molecule has 1 amide bonds. The molecule has 1 unspecified atom stereocenters. The van der Waals surface area contributed by atoms with Crippen molar-refractivity contribution < 1.29 is 14.3 Å². The van der Waals surface area contributed by atoms with Crippen molar-refractivity contribution in [1.82, 2.24) is 19.8 Å². The Morgan fingerprint density at radius 2 is 1.52 bits per heavy atom. The molecule has 40 heavy (non-hydrogen) atoms. The van der Waals surface area contributed by atoms with Gasteiger partial charge in [0.15, 0.2) is 18.1 Å². The Morgan fingerprint density at radius 1 is 0.925 bits per heavy atom. The van der Waals surface area contributed by atoms with Crippen LogP contribution in [0, 0.1) is 5.92 Å². The number of nitrogens with one attached hydrogen (secondary N) is 2. The van der Waals surface area contributed by atoms with E-state index in [4.69, 9.17) is 4.74 Å². The number of esters is 1. The van der Waals surface area contributed by atoms with E-state index < -0.39 is 0 Å². The Hall–Kier alpha value is -3.16. The predicted octanol–water partition coefficient (Wildman–Crippen LogP) is 7.84. The number of carbonyl (C=O) groups is 2. The first kappa shape index (κ1) is 31.4. The summed E-state index contributed by atoms with van der Waals surface area (Å²) >= 11 is 0. The zero-order valence-electron chi connectivity index (χ0n) is 25.2. The number of nitrogens with zero attached hydrogens (tertiary/aromatic N) is 3. The fourth-order valence-electron chi connectivity index (χ4n) is 4.80. The van der Waals surface area contributed by atoms with Crippen LogP contribution in [-0.4, -0.2) is 38.3 Å². The average molecular weight is 552 g/mol. The maximum Gasteiger partial charge on any atom is 0.309 e. The minimum absolute atomic E-state index is 0.0137. The third-order valence-electron chi connectivity index (χ3n) is 7.36. The van der Waals surface area contributed by atoms with Crippen LogP contribution in [0.3, 0.4) is 0 Å². The maximum absolute atomic E-state index is 12.8. The molecular formula is C32H49N5O3. The minimum Gasteiger partial charge on any atom is -0.455 e. The largest absolute Gasteiger partial charge is 0.455 e. The van der Waals surface area contributed by atoms with E-state index >= 15 is 0 Å². The van der Waals surface area contributed by atoms with Gasteiger partial charge in [-0.1, -0.05) is 98.8 Å². The highest BCUT2D eigenvalue weighted by Gasteiger charge is 2.21. The van der Waals surface area contributed by atoms with Crippen molar-refractivity contribution in [3.05, 3.63) is 36.0 Å². The van der Waals surface area contributed by atoms with Gasteiger partial charge in [-0.05, 0) is 37.1 Å². The van der Waals surface area contributed by atoms with Gasteiger partial charge in [-0.25, -0.2) is 4.98 Å². The topological polar surface area (TPSA) is 101 Å². The molecule has 0 fully saturated rings. The molecule has 0 aliphatic heterocycles. The molecule has 8 heteroatoms. The van der Waals surface area contributed by atoms with Crippen molar-refractivity contribution in [2.24, 2.45) is 5.92 Å². The van der Waals surface area contributed by atoms with Gasteiger partial charge in [0.05, 0.1) is 5.92 Å². The molecule has 8 nitrogen and oxygen atoms in total. The standard InChI is InChI=1S/C32H49N5O3/c1-6-8-10-12-13-15-17-25(16-14-11-9-7-2)31(39)40-23-29(38)33-26-20-18-24(19-21-26)30-34-28-22-27(32(3,4)5)35-37(28)36-30/h18-22,25,35H,6-17,23H2,1-5H3,(H,33,38). The number of carbonyl (C=O) groups excluding carboxylic acids is 2. The number of fused-ring (bicyclic) bond motifs is 1. The van der Waals surface area contributed by atoms with Gasteiger partial charge in [-0.3, -0.25) is 14.7 Å². The van der Waals surface area contributed by atoms with Crippen LogP contribution >= 0.6 is 0 Å². The van der Waals surface area contributed by atoms with Crippen molar-refractivity contribution in [2.75, 3.05) is 11.9 Å². The molecule has 0 saturated heterocycles. The fourth-order valence-corrected chi connectivity index (χ4v) is 4.80. The second kappa shape index (κ2) is 15.6. The predicted molar refractivity (Wildman–Crippen MR) is 161 cm³/mol. The maximum atomic E-state index is 12.8. The normalized spacial score (nSPS) is 12.5. The first-order valence-corrected chi connectivity index (χ1v) is 15.2. The van der Waals surface area contributed by atoms with Gasteiger partial charge in [-0.15, -0.1) is 5.10 Å². The van der Waals surface area contributed by atoms with Crippen LogP contribution in [0.4, 0.5) is 5.69 Å². The van der Waals surface area contributed by atoms with Crippen LogP contribution in [0.15, 0.2) is 30.3 Å². The van der Waals surface area contributed by atoms with Crippen LogP contribution in [0.25, 0.3) is 17.0 Å². The molecule has 0 saturated carbocycles. The van der Waals surface area contributed by atoms with Gasteiger partial charge < -0.3 is 10.1 Å². The van der Waals surface area contributed by atoms with E-state index in [1.54, 1.807) is 16.8 Å². The highest BCUT2D eigenvalue weighted by atomic mass is 16.5. The first-order valence-electron chi connectivity index (χ1n) is 15.2. The van der Waals surface area contributed by atoms with Crippen molar-refractivity contribution >= 4 is 23.2 Å². The smallest absolute Gasteiger partial charge is 0.309 e. The number of amides is 1. The third kappa shape index (κ3) is 9.79. The summed E-state index contributed by atoms with van der Waals surface area (Å²) in [7, 11) is 0. The molecular weight excluding hydrogens is 502 g/mol. The first-order chi connectivity index (χ1) is 19.2. The Kier molecular flexibility index (Phi) is 12.2. The summed E-state index contributed by atoms with van der Waals surface area (Å²) in [6.07, 6.45) is 13.4. The number of unbranched alkanes of at least 4 members (excludes halogenated alkanes) is 8. The van der Waals surface area contributed by atoms with Crippen LogP contribution in [0.5, 0.6) is 0 Å². The number of benzene rings is 1. The van der Waals surface area contributed by atoms with Crippen molar-refractivity contribution in [3.8, 4) is 11.4 Å². The quantitative estimate of drug-likeness (QED) is 0.131. The molecule has 0 aliphatic rings. The zero-order chi connectivity index (χ0) is 29.0. The van der Waals surface area contributed by atoms with Gasteiger partial charge >= 0.3 is 5.97 Å². The summed E-state index contributed by atoms with van der Waals surface area (Å²) in [5.41, 5.74) is 3.30. The van der Waals surface area contributed by atoms with E-state index in [0.29, 0.717) is 11.5 Å². The van der Waals surface area contributed by atoms with Crippen molar-refractivity contribution in [1.29, 1.82) is 0 Å². The molecule has 2 N–H and O–H groups in total. The third-order valence-corrected chi connectivity index (χ3v) is 7.36.